The number of halogens is 1. The van der Waals surface area contributed by atoms with Crippen LogP contribution in [0.1, 0.15) is 31.7 Å². The molecule has 0 saturated carbocycles. The molecule has 0 heterocycles. The molecule has 2 nitrogen and oxygen atoms in total. The average molecular weight is 240 g/mol. The maximum Gasteiger partial charge on any atom is 0.237 e. The predicted molar refractivity (Wildman–Crippen MR) is 67.8 cm³/mol. The fraction of sp³-hybridized carbons (Fsp3) is 0.462. The molecule has 1 N–H and O–H groups in total. The third kappa shape index (κ3) is 3.86. The van der Waals surface area contributed by atoms with Crippen molar-refractivity contribution >= 4 is 17.5 Å². The van der Waals surface area contributed by atoms with Gasteiger partial charge in [0.05, 0.1) is 0 Å². The van der Waals surface area contributed by atoms with Crippen molar-refractivity contribution in [1.82, 2.24) is 5.32 Å². The number of benzene rings is 1. The second-order valence-electron chi connectivity index (χ2n) is 3.88. The van der Waals surface area contributed by atoms with E-state index in [0.717, 1.165) is 6.42 Å². The molecule has 0 aliphatic rings. The largest absolute Gasteiger partial charge is 0.354 e. The molecule has 16 heavy (non-hydrogen) atoms. The van der Waals surface area contributed by atoms with E-state index in [2.05, 4.69) is 24.4 Å². The summed E-state index contributed by atoms with van der Waals surface area (Å²) in [7, 11) is 0. The zero-order chi connectivity index (χ0) is 12.0. The molecular formula is C13H18ClNO. The zero-order valence-corrected chi connectivity index (χ0v) is 10.5. The molecule has 1 aromatic rings. The number of carbonyl (C=O) groups is 1. The van der Waals surface area contributed by atoms with Crippen LogP contribution in [0.15, 0.2) is 30.3 Å². The Labute approximate surface area is 102 Å². The van der Waals surface area contributed by atoms with Gasteiger partial charge in [0.15, 0.2) is 0 Å². The molecule has 1 amide bonds. The van der Waals surface area contributed by atoms with Crippen molar-refractivity contribution in [1.29, 1.82) is 0 Å². The lowest BCUT2D eigenvalue weighted by Crippen LogP contribution is -2.33. The van der Waals surface area contributed by atoms with Gasteiger partial charge in [-0.25, -0.2) is 0 Å². The van der Waals surface area contributed by atoms with Crippen LogP contribution >= 0.6 is 11.6 Å². The summed E-state index contributed by atoms with van der Waals surface area (Å²) in [6.07, 6.45) is 1.00. The molecule has 0 saturated heterocycles. The minimum absolute atomic E-state index is 0.101. The summed E-state index contributed by atoms with van der Waals surface area (Å²) in [6.45, 7) is 4.45. The number of carbonyl (C=O) groups excluding carboxylic acids is 1. The van der Waals surface area contributed by atoms with E-state index in [1.807, 2.05) is 18.2 Å². The summed E-state index contributed by atoms with van der Waals surface area (Å²) in [6, 6.07) is 10.2. The van der Waals surface area contributed by atoms with Crippen molar-refractivity contribution in [3.8, 4) is 0 Å². The molecule has 88 valence electrons. The Kier molecular flexibility index (Phi) is 5.33. The third-order valence-corrected chi connectivity index (χ3v) is 2.85. The highest BCUT2D eigenvalue weighted by molar-refractivity contribution is 6.30. The van der Waals surface area contributed by atoms with E-state index in [1.54, 1.807) is 6.92 Å². The highest BCUT2D eigenvalue weighted by atomic mass is 35.5. The van der Waals surface area contributed by atoms with E-state index in [9.17, 15) is 4.79 Å². The summed E-state index contributed by atoms with van der Waals surface area (Å²) < 4.78 is 0. The van der Waals surface area contributed by atoms with Crippen molar-refractivity contribution in [3.63, 3.8) is 0 Å². The molecule has 0 unspecified atom stereocenters. The lowest BCUT2D eigenvalue weighted by atomic mass is 9.96. The van der Waals surface area contributed by atoms with Gasteiger partial charge in [0.2, 0.25) is 5.91 Å². The lowest BCUT2D eigenvalue weighted by molar-refractivity contribution is -0.120. The monoisotopic (exact) mass is 239 g/mol. The maximum atomic E-state index is 11.4. The first-order chi connectivity index (χ1) is 7.65. The van der Waals surface area contributed by atoms with Gasteiger partial charge in [0.1, 0.15) is 5.38 Å². The summed E-state index contributed by atoms with van der Waals surface area (Å²) in [5.74, 6) is 0.261. The first-order valence-corrected chi connectivity index (χ1v) is 6.05. The topological polar surface area (TPSA) is 29.1 Å². The Bertz CT molecular complexity index is 324. The average Bonchev–Trinajstić information content (AvgIpc) is 2.30. The summed E-state index contributed by atoms with van der Waals surface area (Å²) in [4.78, 5) is 11.4. The van der Waals surface area contributed by atoms with E-state index < -0.39 is 5.38 Å². The van der Waals surface area contributed by atoms with Gasteiger partial charge < -0.3 is 5.32 Å². The quantitative estimate of drug-likeness (QED) is 0.787. The van der Waals surface area contributed by atoms with Gasteiger partial charge in [0, 0.05) is 12.5 Å². The third-order valence-electron chi connectivity index (χ3n) is 2.65. The van der Waals surface area contributed by atoms with Crippen molar-refractivity contribution < 1.29 is 4.79 Å². The van der Waals surface area contributed by atoms with E-state index in [0.29, 0.717) is 12.5 Å². The van der Waals surface area contributed by atoms with Crippen molar-refractivity contribution in [2.75, 3.05) is 6.54 Å². The Morgan fingerprint density at radius 1 is 1.38 bits per heavy atom. The number of amides is 1. The van der Waals surface area contributed by atoms with Gasteiger partial charge in [-0.3, -0.25) is 4.79 Å². The first-order valence-electron chi connectivity index (χ1n) is 5.61. The van der Waals surface area contributed by atoms with Crippen LogP contribution in [0, 0.1) is 0 Å². The van der Waals surface area contributed by atoms with Crippen LogP contribution in [0.3, 0.4) is 0 Å². The van der Waals surface area contributed by atoms with Crippen molar-refractivity contribution in [2.45, 2.75) is 31.6 Å². The minimum Gasteiger partial charge on any atom is -0.354 e. The zero-order valence-electron chi connectivity index (χ0n) is 9.74. The van der Waals surface area contributed by atoms with Crippen LogP contribution in [0.4, 0.5) is 0 Å². The normalized spacial score (nSPS) is 14.2. The molecule has 0 fully saturated rings. The molecule has 2 atom stereocenters. The van der Waals surface area contributed by atoms with Crippen molar-refractivity contribution in [2.24, 2.45) is 0 Å². The van der Waals surface area contributed by atoms with Crippen LogP contribution in [0.25, 0.3) is 0 Å². The number of rotatable bonds is 5. The molecule has 0 radical (unpaired) electrons. The molecule has 3 heteroatoms. The molecule has 0 aliphatic carbocycles. The maximum absolute atomic E-state index is 11.4. The van der Waals surface area contributed by atoms with Crippen LogP contribution < -0.4 is 5.32 Å². The molecule has 0 aromatic heterocycles. The van der Waals surface area contributed by atoms with Gasteiger partial charge in [-0.1, -0.05) is 37.3 Å². The summed E-state index contributed by atoms with van der Waals surface area (Å²) in [5, 5.41) is 2.40. The Morgan fingerprint density at radius 3 is 2.50 bits per heavy atom. The van der Waals surface area contributed by atoms with Crippen LogP contribution in [0.2, 0.25) is 0 Å². The van der Waals surface area contributed by atoms with Crippen LogP contribution in [0.5, 0.6) is 0 Å². The summed E-state index contributed by atoms with van der Waals surface area (Å²) >= 11 is 5.69. The molecule has 1 aromatic carbocycles. The first kappa shape index (κ1) is 13.0. The van der Waals surface area contributed by atoms with Gasteiger partial charge in [-0.05, 0) is 18.9 Å². The van der Waals surface area contributed by atoms with Crippen LogP contribution in [-0.2, 0) is 4.79 Å². The fourth-order valence-electron chi connectivity index (χ4n) is 1.59. The Morgan fingerprint density at radius 2 is 2.00 bits per heavy atom. The smallest absolute Gasteiger partial charge is 0.237 e. The van der Waals surface area contributed by atoms with Gasteiger partial charge in [-0.2, -0.15) is 0 Å². The molecule has 0 spiro atoms. The molecular weight excluding hydrogens is 222 g/mol. The van der Waals surface area contributed by atoms with E-state index in [4.69, 9.17) is 11.6 Å². The number of hydrogen-bond acceptors (Lipinski definition) is 1. The summed E-state index contributed by atoms with van der Waals surface area (Å²) in [5.41, 5.74) is 1.26. The second-order valence-corrected chi connectivity index (χ2v) is 4.53. The number of alkyl halides is 1. The fourth-order valence-corrected chi connectivity index (χ4v) is 1.66. The van der Waals surface area contributed by atoms with E-state index in [1.165, 1.54) is 5.56 Å². The van der Waals surface area contributed by atoms with Crippen LogP contribution in [-0.4, -0.2) is 17.8 Å². The molecule has 0 aliphatic heterocycles. The minimum atomic E-state index is -0.465. The molecule has 1 rings (SSSR count). The van der Waals surface area contributed by atoms with Gasteiger partial charge >= 0.3 is 0 Å². The highest BCUT2D eigenvalue weighted by Gasteiger charge is 2.13. The van der Waals surface area contributed by atoms with E-state index >= 15 is 0 Å². The van der Waals surface area contributed by atoms with Crippen molar-refractivity contribution in [3.05, 3.63) is 35.9 Å². The number of nitrogens with one attached hydrogen (secondary N) is 1. The standard InChI is InChI=1S/C13H18ClNO/c1-3-11(9-15-13(16)10(2)14)12-7-5-4-6-8-12/h4-8,10-11H,3,9H2,1-2H3,(H,15,16)/t10-,11+/m1/s1. The SMILES string of the molecule is CC[C@@H](CNC(=O)[C@@H](C)Cl)c1ccccc1. The van der Waals surface area contributed by atoms with E-state index in [-0.39, 0.29) is 5.91 Å². The highest BCUT2D eigenvalue weighted by Crippen LogP contribution is 2.17. The Balaban J connectivity index is 2.54. The Hall–Kier alpha value is -1.02. The lowest BCUT2D eigenvalue weighted by Gasteiger charge is -2.16. The van der Waals surface area contributed by atoms with Gasteiger partial charge in [0.25, 0.3) is 0 Å². The second kappa shape index (κ2) is 6.54. The number of hydrogen-bond donors (Lipinski definition) is 1. The molecule has 0 bridgehead atoms. The van der Waals surface area contributed by atoms with Gasteiger partial charge in [-0.15, -0.1) is 11.6 Å². The predicted octanol–water partition coefficient (Wildman–Crippen LogP) is 2.92.